The van der Waals surface area contributed by atoms with Crippen molar-refractivity contribution in [1.29, 1.82) is 0 Å². The summed E-state index contributed by atoms with van der Waals surface area (Å²) in [4.78, 5) is 22.4. The van der Waals surface area contributed by atoms with E-state index in [2.05, 4.69) is 5.32 Å². The van der Waals surface area contributed by atoms with Gasteiger partial charge in [0.1, 0.15) is 17.1 Å². The molecule has 0 aliphatic carbocycles. The molecule has 1 aromatic rings. The number of furan rings is 1. The number of aromatic carboxylic acids is 1. The third-order valence-electron chi connectivity index (χ3n) is 2.64. The van der Waals surface area contributed by atoms with Crippen molar-refractivity contribution in [2.75, 3.05) is 13.7 Å². The number of aryl methyl sites for hydroxylation is 1. The second-order valence-corrected chi connectivity index (χ2v) is 4.53. The summed E-state index contributed by atoms with van der Waals surface area (Å²) >= 11 is 0. The SMILES string of the molecule is COCC(C)CC(=O)NCc1cc(C(=O)O)c(C)o1. The fourth-order valence-corrected chi connectivity index (χ4v) is 1.76. The smallest absolute Gasteiger partial charge is 0.339 e. The van der Waals surface area contributed by atoms with Gasteiger partial charge in [0.25, 0.3) is 0 Å². The van der Waals surface area contributed by atoms with Crippen LogP contribution in [0.3, 0.4) is 0 Å². The zero-order chi connectivity index (χ0) is 14.4. The molecule has 0 bridgehead atoms. The van der Waals surface area contributed by atoms with Gasteiger partial charge in [0, 0.05) is 20.1 Å². The summed E-state index contributed by atoms with van der Waals surface area (Å²) in [5.41, 5.74) is 0.122. The first-order valence-corrected chi connectivity index (χ1v) is 6.02. The summed E-state index contributed by atoms with van der Waals surface area (Å²) in [6, 6.07) is 1.43. The van der Waals surface area contributed by atoms with Crippen LogP contribution in [0.5, 0.6) is 0 Å². The average Bonchev–Trinajstić information content (AvgIpc) is 2.68. The third-order valence-corrected chi connectivity index (χ3v) is 2.64. The van der Waals surface area contributed by atoms with Crippen LogP contribution in [0.4, 0.5) is 0 Å². The first-order chi connectivity index (χ1) is 8.93. The van der Waals surface area contributed by atoms with Crippen molar-refractivity contribution in [2.45, 2.75) is 26.8 Å². The standard InChI is InChI=1S/C13H19NO5/c1-8(7-18-3)4-12(15)14-6-10-5-11(13(16)17)9(2)19-10/h5,8H,4,6-7H2,1-3H3,(H,14,15)(H,16,17). The molecule has 2 N–H and O–H groups in total. The Morgan fingerprint density at radius 3 is 2.74 bits per heavy atom. The van der Waals surface area contributed by atoms with Crippen molar-refractivity contribution in [2.24, 2.45) is 5.92 Å². The van der Waals surface area contributed by atoms with Gasteiger partial charge >= 0.3 is 5.97 Å². The van der Waals surface area contributed by atoms with Crippen LogP contribution in [0.2, 0.25) is 0 Å². The summed E-state index contributed by atoms with van der Waals surface area (Å²) in [5, 5.41) is 11.6. The van der Waals surface area contributed by atoms with Crippen LogP contribution in [0.15, 0.2) is 10.5 Å². The molecule has 0 aliphatic heterocycles. The Morgan fingerprint density at radius 2 is 2.21 bits per heavy atom. The van der Waals surface area contributed by atoms with E-state index in [-0.39, 0.29) is 23.9 Å². The monoisotopic (exact) mass is 269 g/mol. The molecule has 0 radical (unpaired) electrons. The van der Waals surface area contributed by atoms with Crippen LogP contribution in [-0.4, -0.2) is 30.7 Å². The lowest BCUT2D eigenvalue weighted by molar-refractivity contribution is -0.122. The molecule has 19 heavy (non-hydrogen) atoms. The van der Waals surface area contributed by atoms with Gasteiger partial charge in [-0.15, -0.1) is 0 Å². The molecule has 1 aromatic heterocycles. The molecule has 1 atom stereocenters. The van der Waals surface area contributed by atoms with E-state index in [9.17, 15) is 9.59 Å². The van der Waals surface area contributed by atoms with Crippen LogP contribution in [0.25, 0.3) is 0 Å². The Morgan fingerprint density at radius 1 is 1.53 bits per heavy atom. The van der Waals surface area contributed by atoms with E-state index >= 15 is 0 Å². The Labute approximate surface area is 111 Å². The lowest BCUT2D eigenvalue weighted by Crippen LogP contribution is -2.25. The highest BCUT2D eigenvalue weighted by Gasteiger charge is 2.14. The number of methoxy groups -OCH3 is 1. The molecule has 1 heterocycles. The van der Waals surface area contributed by atoms with Gasteiger partial charge in [-0.3, -0.25) is 4.79 Å². The van der Waals surface area contributed by atoms with Crippen molar-refractivity contribution in [3.05, 3.63) is 23.2 Å². The number of amides is 1. The van der Waals surface area contributed by atoms with Crippen LogP contribution in [-0.2, 0) is 16.1 Å². The van der Waals surface area contributed by atoms with Gasteiger partial charge < -0.3 is 19.6 Å². The number of ether oxygens (including phenoxy) is 1. The average molecular weight is 269 g/mol. The van der Waals surface area contributed by atoms with Gasteiger partial charge in [-0.05, 0) is 18.9 Å². The third kappa shape index (κ3) is 4.75. The first kappa shape index (κ1) is 15.2. The Hall–Kier alpha value is -1.82. The fourth-order valence-electron chi connectivity index (χ4n) is 1.76. The molecule has 106 valence electrons. The minimum absolute atomic E-state index is 0.115. The second-order valence-electron chi connectivity index (χ2n) is 4.53. The number of carboxylic acid groups (broad SMARTS) is 1. The van der Waals surface area contributed by atoms with E-state index in [1.807, 2.05) is 6.92 Å². The molecule has 0 spiro atoms. The lowest BCUT2D eigenvalue weighted by Gasteiger charge is -2.09. The van der Waals surface area contributed by atoms with Gasteiger partial charge in [-0.25, -0.2) is 4.79 Å². The molecule has 6 nitrogen and oxygen atoms in total. The van der Waals surface area contributed by atoms with Crippen LogP contribution in [0, 0.1) is 12.8 Å². The maximum absolute atomic E-state index is 11.6. The number of rotatable bonds is 7. The summed E-state index contributed by atoms with van der Waals surface area (Å²) in [6.45, 7) is 4.21. The lowest BCUT2D eigenvalue weighted by atomic mass is 10.1. The van der Waals surface area contributed by atoms with Crippen molar-refractivity contribution in [3.8, 4) is 0 Å². The molecule has 1 unspecified atom stereocenters. The van der Waals surface area contributed by atoms with Crippen molar-refractivity contribution in [1.82, 2.24) is 5.32 Å². The van der Waals surface area contributed by atoms with Gasteiger partial charge in [-0.1, -0.05) is 6.92 Å². The van der Waals surface area contributed by atoms with Crippen LogP contribution < -0.4 is 5.32 Å². The van der Waals surface area contributed by atoms with E-state index < -0.39 is 5.97 Å². The highest BCUT2D eigenvalue weighted by molar-refractivity contribution is 5.88. The number of hydrogen-bond donors (Lipinski definition) is 2. The summed E-state index contributed by atoms with van der Waals surface area (Å²) in [6.07, 6.45) is 0.360. The van der Waals surface area contributed by atoms with Crippen molar-refractivity contribution >= 4 is 11.9 Å². The van der Waals surface area contributed by atoms with E-state index in [4.69, 9.17) is 14.3 Å². The molecule has 0 aliphatic rings. The highest BCUT2D eigenvalue weighted by Crippen LogP contribution is 2.14. The Balaban J connectivity index is 2.46. The zero-order valence-corrected chi connectivity index (χ0v) is 11.4. The zero-order valence-electron chi connectivity index (χ0n) is 11.4. The maximum Gasteiger partial charge on any atom is 0.339 e. The van der Waals surface area contributed by atoms with E-state index in [1.54, 1.807) is 14.0 Å². The fraction of sp³-hybridized carbons (Fsp3) is 0.538. The molecule has 1 amide bonds. The topological polar surface area (TPSA) is 88.8 Å². The van der Waals surface area contributed by atoms with Crippen molar-refractivity contribution < 1.29 is 23.8 Å². The first-order valence-electron chi connectivity index (χ1n) is 6.02. The summed E-state index contributed by atoms with van der Waals surface area (Å²) in [5.74, 6) is -0.243. The molecule has 0 saturated heterocycles. The van der Waals surface area contributed by atoms with Gasteiger partial charge in [0.2, 0.25) is 5.91 Å². The minimum Gasteiger partial charge on any atom is -0.478 e. The Kier molecular flexibility index (Phi) is 5.57. The van der Waals surface area contributed by atoms with Crippen molar-refractivity contribution in [3.63, 3.8) is 0 Å². The molecule has 0 aromatic carbocycles. The largest absolute Gasteiger partial charge is 0.478 e. The number of hydrogen-bond acceptors (Lipinski definition) is 4. The normalized spacial score (nSPS) is 12.2. The van der Waals surface area contributed by atoms with E-state index in [0.717, 1.165) is 0 Å². The maximum atomic E-state index is 11.6. The Bertz CT molecular complexity index is 452. The van der Waals surface area contributed by atoms with E-state index in [1.165, 1.54) is 6.07 Å². The second kappa shape index (κ2) is 6.94. The number of nitrogens with one attached hydrogen (secondary N) is 1. The summed E-state index contributed by atoms with van der Waals surface area (Å²) in [7, 11) is 1.59. The van der Waals surface area contributed by atoms with E-state index in [0.29, 0.717) is 24.5 Å². The molecule has 1 rings (SSSR count). The number of carbonyl (C=O) groups excluding carboxylic acids is 1. The van der Waals surface area contributed by atoms with Gasteiger partial charge in [0.15, 0.2) is 0 Å². The molecular formula is C13H19NO5. The molecule has 6 heteroatoms. The van der Waals surface area contributed by atoms with Gasteiger partial charge in [0.05, 0.1) is 6.54 Å². The van der Waals surface area contributed by atoms with Crippen LogP contribution in [0.1, 0.15) is 35.2 Å². The number of carbonyl (C=O) groups is 2. The summed E-state index contributed by atoms with van der Waals surface area (Å²) < 4.78 is 10.2. The number of carboxylic acids is 1. The predicted molar refractivity (Wildman–Crippen MR) is 67.9 cm³/mol. The quantitative estimate of drug-likeness (QED) is 0.784. The predicted octanol–water partition coefficient (Wildman–Crippen LogP) is 1.58. The van der Waals surface area contributed by atoms with Crippen LogP contribution >= 0.6 is 0 Å². The van der Waals surface area contributed by atoms with Gasteiger partial charge in [-0.2, -0.15) is 0 Å². The highest BCUT2D eigenvalue weighted by atomic mass is 16.5. The molecular weight excluding hydrogens is 250 g/mol. The minimum atomic E-state index is -1.03. The molecule has 0 saturated carbocycles. The molecule has 0 fully saturated rings.